The first-order valence-corrected chi connectivity index (χ1v) is 7.36. The van der Waals surface area contributed by atoms with Crippen LogP contribution < -0.4 is 10.6 Å². The minimum Gasteiger partial charge on any atom is -0.384 e. The first-order valence-electron chi connectivity index (χ1n) is 7.36. The molecule has 3 N–H and O–H groups in total. The molecule has 3 aliphatic rings. The van der Waals surface area contributed by atoms with E-state index in [0.29, 0.717) is 6.04 Å². The Morgan fingerprint density at radius 1 is 1.37 bits per heavy atom. The van der Waals surface area contributed by atoms with E-state index < -0.39 is 0 Å². The summed E-state index contributed by atoms with van der Waals surface area (Å²) < 4.78 is 0. The molecule has 1 aliphatic heterocycles. The van der Waals surface area contributed by atoms with Gasteiger partial charge in [-0.25, -0.2) is 4.98 Å². The summed E-state index contributed by atoms with van der Waals surface area (Å²) in [5.74, 6) is 1.99. The lowest BCUT2D eigenvalue weighted by Gasteiger charge is -2.30. The van der Waals surface area contributed by atoms with Gasteiger partial charge in [-0.15, -0.1) is 0 Å². The lowest BCUT2D eigenvalue weighted by Crippen LogP contribution is -2.34. The molecule has 4 rings (SSSR count). The van der Waals surface area contributed by atoms with E-state index in [-0.39, 0.29) is 5.84 Å². The van der Waals surface area contributed by atoms with Gasteiger partial charge in [0.1, 0.15) is 11.7 Å². The Hall–Kier alpha value is -1.58. The molecule has 1 aromatic rings. The number of nitrogens with two attached hydrogens (primary N) is 1. The van der Waals surface area contributed by atoms with Crippen molar-refractivity contribution in [1.82, 2.24) is 4.98 Å². The van der Waals surface area contributed by atoms with Gasteiger partial charge in [0.2, 0.25) is 0 Å². The molecule has 0 spiro atoms. The van der Waals surface area contributed by atoms with Crippen molar-refractivity contribution in [3.63, 3.8) is 0 Å². The zero-order valence-electron chi connectivity index (χ0n) is 11.2. The summed E-state index contributed by atoms with van der Waals surface area (Å²) in [6.45, 7) is 1.11. The van der Waals surface area contributed by atoms with Crippen LogP contribution in [0.25, 0.3) is 0 Å². The van der Waals surface area contributed by atoms with Gasteiger partial charge in [-0.2, -0.15) is 0 Å². The van der Waals surface area contributed by atoms with Crippen LogP contribution in [0.5, 0.6) is 0 Å². The number of anilines is 1. The molecule has 4 nitrogen and oxygen atoms in total. The van der Waals surface area contributed by atoms with Gasteiger partial charge >= 0.3 is 0 Å². The van der Waals surface area contributed by atoms with Crippen molar-refractivity contribution in [2.45, 2.75) is 44.6 Å². The van der Waals surface area contributed by atoms with Gasteiger partial charge in [0.15, 0.2) is 0 Å². The monoisotopic (exact) mass is 256 g/mol. The predicted molar refractivity (Wildman–Crippen MR) is 75.8 cm³/mol. The Kier molecular flexibility index (Phi) is 2.34. The van der Waals surface area contributed by atoms with Crippen LogP contribution in [0.15, 0.2) is 6.07 Å². The van der Waals surface area contributed by atoms with Crippen LogP contribution in [-0.4, -0.2) is 23.4 Å². The number of pyridine rings is 1. The first-order chi connectivity index (χ1) is 9.22. The van der Waals surface area contributed by atoms with Gasteiger partial charge in [0.05, 0.1) is 5.56 Å². The number of rotatable bonds is 2. The number of hydrogen-bond donors (Lipinski definition) is 2. The topological polar surface area (TPSA) is 66.0 Å². The summed E-state index contributed by atoms with van der Waals surface area (Å²) >= 11 is 0. The number of nitrogen functional groups attached to an aromatic ring is 1. The van der Waals surface area contributed by atoms with Gasteiger partial charge in [-0.1, -0.05) is 0 Å². The highest BCUT2D eigenvalue weighted by Gasteiger charge is 2.39. The number of hydrogen-bond acceptors (Lipinski definition) is 3. The lowest BCUT2D eigenvalue weighted by molar-refractivity contribution is 0.550. The molecular formula is C15H20N4. The summed E-state index contributed by atoms with van der Waals surface area (Å²) in [5.41, 5.74) is 9.19. The normalized spacial score (nSPS) is 27.9. The van der Waals surface area contributed by atoms with E-state index in [1.165, 1.54) is 36.9 Å². The molecule has 0 aromatic carbocycles. The Bertz CT molecular complexity index is 551. The van der Waals surface area contributed by atoms with E-state index in [2.05, 4.69) is 11.0 Å². The van der Waals surface area contributed by atoms with Gasteiger partial charge < -0.3 is 10.6 Å². The second kappa shape index (κ2) is 3.95. The quantitative estimate of drug-likeness (QED) is 0.627. The molecule has 2 fully saturated rings. The van der Waals surface area contributed by atoms with Crippen LogP contribution in [0, 0.1) is 11.3 Å². The predicted octanol–water partition coefficient (Wildman–Crippen LogP) is 1.84. The summed E-state index contributed by atoms with van der Waals surface area (Å²) in [6.07, 6.45) is 7.31. The molecule has 1 saturated heterocycles. The Labute approximate surface area is 113 Å². The van der Waals surface area contributed by atoms with E-state index in [1.54, 1.807) is 0 Å². The first kappa shape index (κ1) is 11.3. The molecule has 2 aliphatic carbocycles. The molecule has 2 unspecified atom stereocenters. The van der Waals surface area contributed by atoms with Gasteiger partial charge in [-0.3, -0.25) is 5.41 Å². The molecule has 100 valence electrons. The minimum atomic E-state index is 0.167. The number of amidine groups is 1. The Balaban J connectivity index is 1.80. The average molecular weight is 256 g/mol. The second-order valence-corrected chi connectivity index (χ2v) is 6.22. The Morgan fingerprint density at radius 3 is 2.95 bits per heavy atom. The molecule has 0 radical (unpaired) electrons. The summed E-state index contributed by atoms with van der Waals surface area (Å²) in [5, 5.41) is 7.85. The maximum absolute atomic E-state index is 7.85. The highest BCUT2D eigenvalue weighted by Crippen LogP contribution is 2.41. The van der Waals surface area contributed by atoms with Gasteiger partial charge in [0, 0.05) is 18.3 Å². The summed E-state index contributed by atoms with van der Waals surface area (Å²) in [6, 6.07) is 2.76. The van der Waals surface area contributed by atoms with Crippen molar-refractivity contribution >= 4 is 11.7 Å². The average Bonchev–Trinajstić information content (AvgIpc) is 3.12. The molecule has 2 atom stereocenters. The Morgan fingerprint density at radius 2 is 2.26 bits per heavy atom. The van der Waals surface area contributed by atoms with E-state index in [0.717, 1.165) is 36.7 Å². The van der Waals surface area contributed by atoms with Crippen LogP contribution in [0.1, 0.15) is 42.5 Å². The SMILES string of the molecule is N=C(N)c1cc2c(nc1N1CC3CCC1C3)CCC2. The van der Waals surface area contributed by atoms with Gasteiger partial charge in [0.25, 0.3) is 0 Å². The number of aryl methyl sites for hydroxylation is 2. The molecule has 1 aromatic heterocycles. The maximum atomic E-state index is 7.85. The smallest absolute Gasteiger partial charge is 0.140 e. The zero-order chi connectivity index (χ0) is 13.0. The third kappa shape index (κ3) is 1.66. The maximum Gasteiger partial charge on any atom is 0.140 e. The number of fused-ring (bicyclic) bond motifs is 3. The van der Waals surface area contributed by atoms with E-state index in [4.69, 9.17) is 16.1 Å². The molecule has 0 amide bonds. The van der Waals surface area contributed by atoms with Crippen LogP contribution in [-0.2, 0) is 12.8 Å². The fourth-order valence-electron chi connectivity index (χ4n) is 4.06. The number of nitrogens with zero attached hydrogens (tertiary/aromatic N) is 2. The fraction of sp³-hybridized carbons (Fsp3) is 0.600. The fourth-order valence-corrected chi connectivity index (χ4v) is 4.06. The van der Waals surface area contributed by atoms with Gasteiger partial charge in [-0.05, 0) is 56.1 Å². The highest BCUT2D eigenvalue weighted by molar-refractivity contribution is 6.00. The minimum absolute atomic E-state index is 0.167. The number of nitrogens with one attached hydrogen (secondary N) is 1. The molecule has 2 bridgehead atoms. The highest BCUT2D eigenvalue weighted by atomic mass is 15.2. The number of piperidine rings is 1. The zero-order valence-corrected chi connectivity index (χ0v) is 11.2. The number of aromatic nitrogens is 1. The standard InChI is InChI=1S/C15H20N4/c16-14(17)12-7-10-2-1-3-13(10)18-15(12)19-8-9-4-5-11(19)6-9/h7,9,11H,1-6,8H2,(H3,16,17). The van der Waals surface area contributed by atoms with Crippen LogP contribution >= 0.6 is 0 Å². The van der Waals surface area contributed by atoms with Crippen molar-refractivity contribution < 1.29 is 0 Å². The third-order valence-corrected chi connectivity index (χ3v) is 5.00. The lowest BCUT2D eigenvalue weighted by atomic mass is 10.1. The molecule has 1 saturated carbocycles. The van der Waals surface area contributed by atoms with E-state index in [9.17, 15) is 0 Å². The second-order valence-electron chi connectivity index (χ2n) is 6.22. The summed E-state index contributed by atoms with van der Waals surface area (Å²) in [7, 11) is 0. The molecule has 2 heterocycles. The van der Waals surface area contributed by atoms with Crippen molar-refractivity contribution in [2.75, 3.05) is 11.4 Å². The van der Waals surface area contributed by atoms with Crippen LogP contribution in [0.4, 0.5) is 5.82 Å². The summed E-state index contributed by atoms with van der Waals surface area (Å²) in [4.78, 5) is 7.30. The third-order valence-electron chi connectivity index (χ3n) is 5.00. The van der Waals surface area contributed by atoms with Crippen molar-refractivity contribution in [2.24, 2.45) is 11.7 Å². The van der Waals surface area contributed by atoms with Crippen molar-refractivity contribution in [3.8, 4) is 0 Å². The molecular weight excluding hydrogens is 236 g/mol. The van der Waals surface area contributed by atoms with E-state index in [1.807, 2.05) is 0 Å². The van der Waals surface area contributed by atoms with Crippen molar-refractivity contribution in [1.29, 1.82) is 5.41 Å². The van der Waals surface area contributed by atoms with E-state index >= 15 is 0 Å². The largest absolute Gasteiger partial charge is 0.384 e. The van der Waals surface area contributed by atoms with Crippen LogP contribution in [0.3, 0.4) is 0 Å². The molecule has 4 heteroatoms. The van der Waals surface area contributed by atoms with Crippen LogP contribution in [0.2, 0.25) is 0 Å². The van der Waals surface area contributed by atoms with Crippen molar-refractivity contribution in [3.05, 3.63) is 22.9 Å². The molecule has 19 heavy (non-hydrogen) atoms.